The van der Waals surface area contributed by atoms with Gasteiger partial charge in [-0.1, -0.05) is 12.1 Å². The number of amides is 1. The molecule has 156 valence electrons. The average molecular weight is 416 g/mol. The molecule has 1 amide bonds. The third kappa shape index (κ3) is 4.16. The fourth-order valence-electron chi connectivity index (χ4n) is 3.82. The molecule has 6 nitrogen and oxygen atoms in total. The Kier molecular flexibility index (Phi) is 5.21. The molecule has 0 spiro atoms. The SMILES string of the molecule is NC(=O)c1ccc(NC2CNCC2c2cccc(OC(F)(F)F)c2)c2cccnc12. The molecule has 2 unspecified atom stereocenters. The Bertz CT molecular complexity index is 1090. The Balaban J connectivity index is 1.62. The normalized spacial score (nSPS) is 19.0. The fraction of sp³-hybridized carbons (Fsp3) is 0.238. The van der Waals surface area contributed by atoms with Crippen LogP contribution in [-0.4, -0.2) is 36.4 Å². The van der Waals surface area contributed by atoms with Gasteiger partial charge in [0.15, 0.2) is 0 Å². The number of hydrogen-bond acceptors (Lipinski definition) is 5. The minimum Gasteiger partial charge on any atom is -0.406 e. The van der Waals surface area contributed by atoms with Crippen molar-refractivity contribution in [1.29, 1.82) is 0 Å². The second-order valence-corrected chi connectivity index (χ2v) is 7.06. The summed E-state index contributed by atoms with van der Waals surface area (Å²) in [7, 11) is 0. The van der Waals surface area contributed by atoms with Crippen molar-refractivity contribution >= 4 is 22.5 Å². The summed E-state index contributed by atoms with van der Waals surface area (Å²) in [4.78, 5) is 16.0. The molecule has 2 heterocycles. The molecular weight excluding hydrogens is 397 g/mol. The standard InChI is InChI=1S/C21H19F3N4O2/c22-21(23,24)30-13-4-1-3-12(9-13)16-10-26-11-18(16)28-17-7-6-15(20(25)29)19-14(17)5-2-8-27-19/h1-9,16,18,26,28H,10-11H2,(H2,25,29). The minimum absolute atomic E-state index is 0.0793. The zero-order chi connectivity index (χ0) is 21.3. The zero-order valence-electron chi connectivity index (χ0n) is 15.7. The van der Waals surface area contributed by atoms with Gasteiger partial charge in [-0.3, -0.25) is 9.78 Å². The van der Waals surface area contributed by atoms with Gasteiger partial charge in [-0.05, 0) is 42.0 Å². The van der Waals surface area contributed by atoms with Crippen LogP contribution < -0.4 is 21.1 Å². The molecule has 0 saturated carbocycles. The van der Waals surface area contributed by atoms with E-state index in [1.165, 1.54) is 12.1 Å². The van der Waals surface area contributed by atoms with Crippen molar-refractivity contribution < 1.29 is 22.7 Å². The Labute approximate surface area is 170 Å². The first-order chi connectivity index (χ1) is 14.3. The highest BCUT2D eigenvalue weighted by molar-refractivity contribution is 6.08. The number of rotatable bonds is 5. The van der Waals surface area contributed by atoms with Crippen molar-refractivity contribution in [1.82, 2.24) is 10.3 Å². The summed E-state index contributed by atoms with van der Waals surface area (Å²) >= 11 is 0. The van der Waals surface area contributed by atoms with E-state index in [0.29, 0.717) is 24.2 Å². The van der Waals surface area contributed by atoms with E-state index in [1.807, 2.05) is 6.07 Å². The van der Waals surface area contributed by atoms with Gasteiger partial charge in [0.1, 0.15) is 5.75 Å². The molecule has 1 aliphatic heterocycles. The van der Waals surface area contributed by atoms with Crippen molar-refractivity contribution in [2.24, 2.45) is 5.73 Å². The number of nitrogens with two attached hydrogens (primary N) is 1. The molecule has 0 radical (unpaired) electrons. The van der Waals surface area contributed by atoms with Crippen LogP contribution in [-0.2, 0) is 0 Å². The Morgan fingerprint density at radius 3 is 2.77 bits per heavy atom. The van der Waals surface area contributed by atoms with Crippen LogP contribution in [0, 0.1) is 0 Å². The lowest BCUT2D eigenvalue weighted by atomic mass is 9.93. The number of carbonyl (C=O) groups is 1. The lowest BCUT2D eigenvalue weighted by Gasteiger charge is -2.23. The van der Waals surface area contributed by atoms with Gasteiger partial charge in [-0.2, -0.15) is 0 Å². The van der Waals surface area contributed by atoms with Gasteiger partial charge >= 0.3 is 6.36 Å². The molecule has 1 aromatic heterocycles. The predicted molar refractivity (Wildman–Crippen MR) is 106 cm³/mol. The number of nitrogens with zero attached hydrogens (tertiary/aromatic N) is 1. The number of alkyl halides is 3. The first-order valence-electron chi connectivity index (χ1n) is 9.32. The van der Waals surface area contributed by atoms with Gasteiger partial charge < -0.3 is 21.1 Å². The molecule has 2 aromatic carbocycles. The first-order valence-corrected chi connectivity index (χ1v) is 9.32. The van der Waals surface area contributed by atoms with Crippen LogP contribution in [0.4, 0.5) is 18.9 Å². The summed E-state index contributed by atoms with van der Waals surface area (Å²) in [5.74, 6) is -0.887. The van der Waals surface area contributed by atoms with Crippen LogP contribution in [0.3, 0.4) is 0 Å². The van der Waals surface area contributed by atoms with Crippen LogP contribution in [0.1, 0.15) is 21.8 Å². The van der Waals surface area contributed by atoms with Gasteiger partial charge in [0, 0.05) is 42.3 Å². The molecule has 0 aliphatic carbocycles. The van der Waals surface area contributed by atoms with Crippen molar-refractivity contribution in [3.8, 4) is 5.75 Å². The number of benzene rings is 2. The second kappa shape index (κ2) is 7.83. The largest absolute Gasteiger partial charge is 0.573 e. The summed E-state index contributed by atoms with van der Waals surface area (Å²) < 4.78 is 41.8. The number of aromatic nitrogens is 1. The monoisotopic (exact) mass is 416 g/mol. The summed E-state index contributed by atoms with van der Waals surface area (Å²) in [5, 5.41) is 7.46. The number of pyridine rings is 1. The maximum Gasteiger partial charge on any atom is 0.573 e. The topological polar surface area (TPSA) is 89.3 Å². The zero-order valence-corrected chi connectivity index (χ0v) is 15.7. The molecule has 30 heavy (non-hydrogen) atoms. The number of anilines is 1. The maximum absolute atomic E-state index is 12.6. The van der Waals surface area contributed by atoms with Crippen LogP contribution in [0.2, 0.25) is 0 Å². The van der Waals surface area contributed by atoms with Gasteiger partial charge in [-0.25, -0.2) is 0 Å². The third-order valence-electron chi connectivity index (χ3n) is 5.11. The molecule has 2 atom stereocenters. The van der Waals surface area contributed by atoms with Gasteiger partial charge in [0.05, 0.1) is 11.1 Å². The summed E-state index contributed by atoms with van der Waals surface area (Å²) in [6, 6.07) is 12.9. The number of ether oxygens (including phenoxy) is 1. The highest BCUT2D eigenvalue weighted by atomic mass is 19.4. The van der Waals surface area contributed by atoms with Gasteiger partial charge in [0.25, 0.3) is 5.91 Å². The Morgan fingerprint density at radius 1 is 1.17 bits per heavy atom. The van der Waals surface area contributed by atoms with E-state index in [-0.39, 0.29) is 17.7 Å². The Hall–Kier alpha value is -3.33. The van der Waals surface area contributed by atoms with Crippen molar-refractivity contribution in [3.63, 3.8) is 0 Å². The number of nitrogens with one attached hydrogen (secondary N) is 2. The highest BCUT2D eigenvalue weighted by Crippen LogP contribution is 2.32. The molecule has 9 heteroatoms. The van der Waals surface area contributed by atoms with E-state index in [2.05, 4.69) is 20.4 Å². The van der Waals surface area contributed by atoms with Gasteiger partial charge in [-0.15, -0.1) is 13.2 Å². The van der Waals surface area contributed by atoms with Crippen molar-refractivity contribution in [2.75, 3.05) is 18.4 Å². The smallest absolute Gasteiger partial charge is 0.406 e. The van der Waals surface area contributed by atoms with Crippen molar-refractivity contribution in [2.45, 2.75) is 18.3 Å². The first kappa shape index (κ1) is 20.0. The third-order valence-corrected chi connectivity index (χ3v) is 5.11. The number of carbonyl (C=O) groups excluding carboxylic acids is 1. The highest BCUT2D eigenvalue weighted by Gasteiger charge is 2.33. The van der Waals surface area contributed by atoms with E-state index in [0.717, 1.165) is 16.6 Å². The van der Waals surface area contributed by atoms with E-state index in [9.17, 15) is 18.0 Å². The van der Waals surface area contributed by atoms with Crippen LogP contribution in [0.15, 0.2) is 54.7 Å². The summed E-state index contributed by atoms with van der Waals surface area (Å²) in [6.07, 6.45) is -3.15. The van der Waals surface area contributed by atoms with Crippen LogP contribution in [0.5, 0.6) is 5.75 Å². The molecular formula is C21H19F3N4O2. The molecule has 1 saturated heterocycles. The van der Waals surface area contributed by atoms with Crippen molar-refractivity contribution in [3.05, 3.63) is 65.9 Å². The number of halogens is 3. The quantitative estimate of drug-likeness (QED) is 0.593. The molecule has 1 fully saturated rings. The lowest BCUT2D eigenvalue weighted by Crippen LogP contribution is -2.27. The lowest BCUT2D eigenvalue weighted by molar-refractivity contribution is -0.274. The van der Waals surface area contributed by atoms with E-state index in [1.54, 1.807) is 36.5 Å². The number of primary amides is 1. The molecule has 4 rings (SSSR count). The van der Waals surface area contributed by atoms with E-state index < -0.39 is 12.3 Å². The maximum atomic E-state index is 12.6. The van der Waals surface area contributed by atoms with Crippen LogP contribution in [0.25, 0.3) is 10.9 Å². The predicted octanol–water partition coefficient (Wildman–Crippen LogP) is 3.40. The number of fused-ring (bicyclic) bond motifs is 1. The average Bonchev–Trinajstić information content (AvgIpc) is 3.15. The molecule has 1 aliphatic rings. The Morgan fingerprint density at radius 2 is 2.00 bits per heavy atom. The summed E-state index contributed by atoms with van der Waals surface area (Å²) in [5.41, 5.74) is 7.77. The molecule has 0 bridgehead atoms. The number of hydrogen-bond donors (Lipinski definition) is 3. The second-order valence-electron chi connectivity index (χ2n) is 7.06. The summed E-state index contributed by atoms with van der Waals surface area (Å²) in [6.45, 7) is 1.22. The minimum atomic E-state index is -4.74. The van der Waals surface area contributed by atoms with Gasteiger partial charge in [0.2, 0.25) is 0 Å². The van der Waals surface area contributed by atoms with E-state index >= 15 is 0 Å². The molecule has 3 aromatic rings. The fourth-order valence-corrected chi connectivity index (χ4v) is 3.82. The molecule has 4 N–H and O–H groups in total. The van der Waals surface area contributed by atoms with E-state index in [4.69, 9.17) is 5.73 Å². The van der Waals surface area contributed by atoms with Crippen LogP contribution >= 0.6 is 0 Å².